The number of hydrogen-bond donors (Lipinski definition) is 2. The molecule has 0 amide bonds. The summed E-state index contributed by atoms with van der Waals surface area (Å²) >= 11 is 0. The minimum Gasteiger partial charge on any atom is -0.462 e. The number of aromatic nitrogens is 2. The average Bonchev–Trinajstić information content (AvgIpc) is 2.47. The minimum atomic E-state index is -0.357. The Hall–Kier alpha value is -2.96. The van der Waals surface area contributed by atoms with E-state index in [1.54, 1.807) is 31.2 Å². The van der Waals surface area contributed by atoms with E-state index < -0.39 is 0 Å². The normalized spacial score (nSPS) is 10.7. The first-order valence-electron chi connectivity index (χ1n) is 6.29. The molecule has 1 heterocycles. The summed E-state index contributed by atoms with van der Waals surface area (Å²) in [5, 5.41) is 0. The third-order valence-corrected chi connectivity index (χ3v) is 2.60. The first kappa shape index (κ1) is 14.4. The van der Waals surface area contributed by atoms with E-state index >= 15 is 0 Å². The largest absolute Gasteiger partial charge is 0.462 e. The Morgan fingerprint density at radius 3 is 2.67 bits per heavy atom. The van der Waals surface area contributed by atoms with Crippen molar-refractivity contribution in [2.45, 2.75) is 6.92 Å². The number of nitrogen functional groups attached to an aromatic ring is 2. The second kappa shape index (κ2) is 6.47. The lowest BCUT2D eigenvalue weighted by Gasteiger charge is -2.02. The van der Waals surface area contributed by atoms with Gasteiger partial charge in [-0.2, -0.15) is 4.98 Å². The van der Waals surface area contributed by atoms with Crippen LogP contribution in [0.1, 0.15) is 22.8 Å². The van der Waals surface area contributed by atoms with Gasteiger partial charge in [-0.25, -0.2) is 9.78 Å². The molecule has 0 saturated carbocycles. The zero-order valence-electron chi connectivity index (χ0n) is 11.5. The molecule has 0 aliphatic heterocycles. The van der Waals surface area contributed by atoms with Crippen molar-refractivity contribution < 1.29 is 9.53 Å². The molecule has 0 fully saturated rings. The highest BCUT2D eigenvalue weighted by atomic mass is 16.5. The molecule has 0 atom stereocenters. The monoisotopic (exact) mass is 285 g/mol. The number of carbonyl (C=O) groups is 1. The summed E-state index contributed by atoms with van der Waals surface area (Å²) < 4.78 is 4.90. The lowest BCUT2D eigenvalue weighted by Crippen LogP contribution is -2.03. The summed E-state index contributed by atoms with van der Waals surface area (Å²) in [4.78, 5) is 23.4. The maximum atomic E-state index is 11.5. The Bertz CT molecular complexity index is 668. The summed E-state index contributed by atoms with van der Waals surface area (Å²) in [7, 11) is 0. The van der Waals surface area contributed by atoms with Crippen LogP contribution in [0.2, 0.25) is 0 Å². The molecule has 21 heavy (non-hydrogen) atoms. The number of ether oxygens (including phenoxy) is 1. The van der Waals surface area contributed by atoms with Crippen molar-refractivity contribution in [1.82, 2.24) is 9.97 Å². The Morgan fingerprint density at radius 1 is 1.33 bits per heavy atom. The first-order chi connectivity index (χ1) is 10.1. The summed E-state index contributed by atoms with van der Waals surface area (Å²) in [5.41, 5.74) is 12.8. The highest BCUT2D eigenvalue weighted by Gasteiger charge is 2.05. The molecule has 0 aliphatic carbocycles. The number of esters is 1. The van der Waals surface area contributed by atoms with E-state index in [-0.39, 0.29) is 17.7 Å². The van der Waals surface area contributed by atoms with Gasteiger partial charge >= 0.3 is 5.97 Å². The topological polar surface area (TPSA) is 116 Å². The predicted octanol–water partition coefficient (Wildman–Crippen LogP) is 1.57. The predicted molar refractivity (Wildman–Crippen MR) is 80.5 cm³/mol. The molecule has 4 N–H and O–H groups in total. The second-order valence-electron chi connectivity index (χ2n) is 4.09. The molecule has 0 saturated heterocycles. The smallest absolute Gasteiger partial charge is 0.338 e. The van der Waals surface area contributed by atoms with Crippen molar-refractivity contribution in [3.8, 4) is 0 Å². The van der Waals surface area contributed by atoms with Gasteiger partial charge in [0.15, 0.2) is 0 Å². The fraction of sp³-hybridized carbons (Fsp3) is 0.143. The summed E-state index contributed by atoms with van der Waals surface area (Å²) in [6.45, 7) is 2.10. The number of benzene rings is 1. The highest BCUT2D eigenvalue weighted by molar-refractivity contribution is 5.90. The van der Waals surface area contributed by atoms with Gasteiger partial charge in [0, 0.05) is 12.4 Å². The van der Waals surface area contributed by atoms with E-state index in [0.717, 1.165) is 0 Å². The number of nitrogens with two attached hydrogens (primary N) is 2. The molecule has 0 unspecified atom stereocenters. The number of aliphatic imine (C=N–C) groups is 1. The molecular weight excluding hydrogens is 270 g/mol. The Morgan fingerprint density at radius 2 is 2.05 bits per heavy atom. The van der Waals surface area contributed by atoms with E-state index in [4.69, 9.17) is 16.2 Å². The molecule has 0 aliphatic rings. The van der Waals surface area contributed by atoms with E-state index in [0.29, 0.717) is 23.4 Å². The maximum absolute atomic E-state index is 11.5. The molecule has 1 aromatic heterocycles. The van der Waals surface area contributed by atoms with Crippen LogP contribution in [0, 0.1) is 0 Å². The number of hydrogen-bond acceptors (Lipinski definition) is 7. The summed E-state index contributed by atoms with van der Waals surface area (Å²) in [5.74, 6) is 0.0158. The molecule has 7 heteroatoms. The second-order valence-corrected chi connectivity index (χ2v) is 4.09. The fourth-order valence-electron chi connectivity index (χ4n) is 1.56. The van der Waals surface area contributed by atoms with Crippen molar-refractivity contribution in [3.63, 3.8) is 0 Å². The lowest BCUT2D eigenvalue weighted by molar-refractivity contribution is 0.0526. The Balaban J connectivity index is 2.12. The maximum Gasteiger partial charge on any atom is 0.338 e. The summed E-state index contributed by atoms with van der Waals surface area (Å²) in [6, 6.07) is 6.70. The van der Waals surface area contributed by atoms with Crippen molar-refractivity contribution >= 4 is 29.6 Å². The molecule has 1 aromatic carbocycles. The van der Waals surface area contributed by atoms with Crippen LogP contribution in [0.3, 0.4) is 0 Å². The first-order valence-corrected chi connectivity index (χ1v) is 6.29. The van der Waals surface area contributed by atoms with Crippen molar-refractivity contribution in [1.29, 1.82) is 0 Å². The number of nitrogens with zero attached hydrogens (tertiary/aromatic N) is 3. The molecule has 7 nitrogen and oxygen atoms in total. The van der Waals surface area contributed by atoms with Crippen LogP contribution in [-0.2, 0) is 4.74 Å². The van der Waals surface area contributed by atoms with Crippen molar-refractivity contribution in [3.05, 3.63) is 41.6 Å². The van der Waals surface area contributed by atoms with Crippen molar-refractivity contribution in [2.75, 3.05) is 18.1 Å². The van der Waals surface area contributed by atoms with Crippen LogP contribution in [0.5, 0.6) is 0 Å². The fourth-order valence-corrected chi connectivity index (χ4v) is 1.56. The van der Waals surface area contributed by atoms with Gasteiger partial charge in [0.05, 0.1) is 23.4 Å². The van der Waals surface area contributed by atoms with Gasteiger partial charge in [0.25, 0.3) is 0 Å². The van der Waals surface area contributed by atoms with Gasteiger partial charge in [-0.3, -0.25) is 4.99 Å². The van der Waals surface area contributed by atoms with Gasteiger partial charge in [0.2, 0.25) is 5.95 Å². The number of anilines is 2. The zero-order valence-corrected chi connectivity index (χ0v) is 11.5. The molecular formula is C14H15N5O2. The quantitative estimate of drug-likeness (QED) is 0.650. The number of carbonyl (C=O) groups excluding carboxylic acids is 1. The van der Waals surface area contributed by atoms with Crippen LogP contribution in [-0.4, -0.2) is 28.8 Å². The van der Waals surface area contributed by atoms with Crippen LogP contribution in [0.4, 0.5) is 17.5 Å². The molecule has 0 radical (unpaired) electrons. The van der Waals surface area contributed by atoms with Crippen LogP contribution >= 0.6 is 0 Å². The summed E-state index contributed by atoms with van der Waals surface area (Å²) in [6.07, 6.45) is 3.03. The van der Waals surface area contributed by atoms with E-state index in [1.165, 1.54) is 12.4 Å². The number of rotatable bonds is 4. The van der Waals surface area contributed by atoms with Crippen LogP contribution < -0.4 is 11.5 Å². The van der Waals surface area contributed by atoms with Gasteiger partial charge in [-0.1, -0.05) is 0 Å². The minimum absolute atomic E-state index is 0.114. The van der Waals surface area contributed by atoms with E-state index in [9.17, 15) is 4.79 Å². The third-order valence-electron chi connectivity index (χ3n) is 2.60. The molecule has 0 spiro atoms. The zero-order chi connectivity index (χ0) is 15.2. The molecule has 0 bridgehead atoms. The average molecular weight is 285 g/mol. The SMILES string of the molecule is CCOC(=O)c1ccc(N=Cc2cnc(N)nc2N)cc1. The van der Waals surface area contributed by atoms with Gasteiger partial charge in [0.1, 0.15) is 5.82 Å². The van der Waals surface area contributed by atoms with E-state index in [2.05, 4.69) is 15.0 Å². The third kappa shape index (κ3) is 3.75. The van der Waals surface area contributed by atoms with Gasteiger partial charge in [-0.05, 0) is 31.2 Å². The standard InChI is InChI=1S/C14H15N5O2/c1-2-21-13(20)9-3-5-11(6-4-9)17-7-10-8-18-14(16)19-12(10)15/h3-8H,2H2,1H3,(H4,15,16,18,19). The molecule has 108 valence electrons. The highest BCUT2D eigenvalue weighted by Crippen LogP contribution is 2.15. The Kier molecular flexibility index (Phi) is 4.45. The van der Waals surface area contributed by atoms with E-state index in [1.807, 2.05) is 0 Å². The molecule has 2 rings (SSSR count). The van der Waals surface area contributed by atoms with Gasteiger partial charge < -0.3 is 16.2 Å². The lowest BCUT2D eigenvalue weighted by atomic mass is 10.2. The Labute approximate surface area is 121 Å². The van der Waals surface area contributed by atoms with Crippen LogP contribution in [0.25, 0.3) is 0 Å². The van der Waals surface area contributed by atoms with Gasteiger partial charge in [-0.15, -0.1) is 0 Å². The van der Waals surface area contributed by atoms with Crippen LogP contribution in [0.15, 0.2) is 35.5 Å². The molecule has 2 aromatic rings. The van der Waals surface area contributed by atoms with Crippen molar-refractivity contribution in [2.24, 2.45) is 4.99 Å².